The molecule has 6 saturated heterocycles. The van der Waals surface area contributed by atoms with Crippen LogP contribution in [0.25, 0.3) is 0 Å². The fourth-order valence-corrected chi connectivity index (χ4v) is 24.6. The molecule has 6 fully saturated rings. The maximum Gasteiger partial charge on any atom is 0.178 e. The van der Waals surface area contributed by atoms with Gasteiger partial charge in [0.2, 0.25) is 0 Å². The first kappa shape index (κ1) is 107. The zero-order valence-electron chi connectivity index (χ0n) is 80.2. The van der Waals surface area contributed by atoms with E-state index in [1.807, 2.05) is 73.7 Å². The van der Waals surface area contributed by atoms with Gasteiger partial charge in [-0.05, 0) is 342 Å². The lowest BCUT2D eigenvalue weighted by molar-refractivity contribution is -0.886. The zero-order valence-corrected chi connectivity index (χ0v) is 85.1. The van der Waals surface area contributed by atoms with E-state index in [0.717, 1.165) is 190 Å². The molecule has 726 valence electrons. The zero-order chi connectivity index (χ0) is 95.7. The van der Waals surface area contributed by atoms with E-state index in [4.69, 9.17) is 0 Å². The van der Waals surface area contributed by atoms with Crippen molar-refractivity contribution in [3.63, 3.8) is 0 Å². The first-order valence-electron chi connectivity index (χ1n) is 48.1. The number of β-amino-alcohol motifs (C(OH)–C–C–N with tert-alkyl or cyclic N) is 1. The Balaban J connectivity index is 0.000000176. The highest BCUT2D eigenvalue weighted by Crippen LogP contribution is 2.39. The number of hydrogen-bond donors (Lipinski definition) is 2. The molecule has 2 N–H and O–H groups in total. The Kier molecular flexibility index (Phi) is 40.1. The van der Waals surface area contributed by atoms with Crippen LogP contribution in [-0.2, 0) is 71.0 Å². The summed E-state index contributed by atoms with van der Waals surface area (Å²) in [7, 11) is -17.1. The van der Waals surface area contributed by atoms with Gasteiger partial charge < -0.3 is 44.6 Å². The van der Waals surface area contributed by atoms with E-state index in [0.29, 0.717) is 87.2 Å². The van der Waals surface area contributed by atoms with Gasteiger partial charge in [0, 0.05) is 75.6 Å². The van der Waals surface area contributed by atoms with E-state index in [1.54, 1.807) is 72.8 Å². The maximum absolute atomic E-state index is 13.0. The summed E-state index contributed by atoms with van der Waals surface area (Å²) in [6.45, 7) is 26.7. The van der Waals surface area contributed by atoms with E-state index in [1.165, 1.54) is 98.0 Å². The number of benzene rings is 8. The highest BCUT2D eigenvalue weighted by atomic mass is 32.2. The third-order valence-electron chi connectivity index (χ3n) is 27.6. The molecule has 8 aromatic rings. The normalized spacial score (nSPS) is 20.7. The van der Waals surface area contributed by atoms with Crippen molar-refractivity contribution in [2.45, 2.75) is 240 Å². The lowest BCUT2D eigenvalue weighted by Crippen LogP contribution is -2.48. The van der Waals surface area contributed by atoms with Gasteiger partial charge in [0.15, 0.2) is 59.0 Å². The summed E-state index contributed by atoms with van der Waals surface area (Å²) in [6, 6.07) is 61.0. The Labute approximate surface area is 792 Å². The summed E-state index contributed by atoms with van der Waals surface area (Å²) in [4.78, 5) is 14.3. The molecule has 3 atom stereocenters. The molecule has 8 aromatic carbocycles. The van der Waals surface area contributed by atoms with Gasteiger partial charge >= 0.3 is 0 Å². The third-order valence-corrected chi connectivity index (χ3v) is 35.0. The fourth-order valence-electron chi connectivity index (χ4n) is 19.9. The molecule has 0 aliphatic carbocycles. The van der Waals surface area contributed by atoms with Crippen LogP contribution >= 0.6 is 0 Å². The maximum atomic E-state index is 13.0. The second-order valence-electron chi connectivity index (χ2n) is 38.3. The molecular weight excluding hydrogens is 1780 g/mol. The van der Waals surface area contributed by atoms with E-state index in [9.17, 15) is 65.9 Å². The van der Waals surface area contributed by atoms with Gasteiger partial charge in [-0.25, -0.2) is 50.5 Å². The first-order chi connectivity index (χ1) is 62.5. The molecule has 6 heterocycles. The summed E-state index contributed by atoms with van der Waals surface area (Å²) in [5.41, 5.74) is 10.4. The molecule has 0 radical (unpaired) electrons. The molecule has 21 nitrogen and oxygen atoms in total. The van der Waals surface area contributed by atoms with Crippen LogP contribution in [0.15, 0.2) is 223 Å². The molecule has 6 aliphatic heterocycles. The van der Waals surface area contributed by atoms with Gasteiger partial charge in [-0.2, -0.15) is 0 Å². The van der Waals surface area contributed by atoms with Crippen molar-refractivity contribution in [2.24, 2.45) is 0 Å². The predicted octanol–water partition coefficient (Wildman–Crippen LogP) is 17.6. The average Bonchev–Trinajstić information content (AvgIpc) is 0.793. The Hall–Kier alpha value is -6.90. The summed E-state index contributed by atoms with van der Waals surface area (Å²) >= 11 is 0. The van der Waals surface area contributed by atoms with Gasteiger partial charge in [-0.15, -0.1) is 0 Å². The van der Waals surface area contributed by atoms with Crippen LogP contribution in [0, 0.1) is 12.1 Å². The van der Waals surface area contributed by atoms with E-state index >= 15 is 0 Å². The van der Waals surface area contributed by atoms with E-state index in [2.05, 4.69) is 114 Å². The average molecular weight is 1930 g/mol. The van der Waals surface area contributed by atoms with Gasteiger partial charge in [0.25, 0.3) is 0 Å². The van der Waals surface area contributed by atoms with Crippen molar-refractivity contribution < 1.29 is 65.4 Å². The molecule has 1 unspecified atom stereocenters. The third kappa shape index (κ3) is 32.6. The number of likely N-dealkylation sites (tertiary alicyclic amines) is 6. The minimum absolute atomic E-state index is 0.0322. The van der Waals surface area contributed by atoms with Gasteiger partial charge in [0.05, 0.1) is 66.5 Å². The van der Waals surface area contributed by atoms with Crippen molar-refractivity contribution in [1.82, 2.24) is 24.5 Å². The lowest BCUT2D eigenvalue weighted by Gasteiger charge is -2.47. The van der Waals surface area contributed by atoms with Crippen LogP contribution in [0.4, 0.5) is 0 Å². The van der Waals surface area contributed by atoms with Crippen LogP contribution in [0.3, 0.4) is 0 Å². The van der Waals surface area contributed by atoms with Gasteiger partial charge in [-0.1, -0.05) is 161 Å². The summed E-state index contributed by atoms with van der Waals surface area (Å²) < 4.78 is 144. The Morgan fingerprint density at radius 2 is 0.788 bits per heavy atom. The quantitative estimate of drug-likeness (QED) is 0.0232. The van der Waals surface area contributed by atoms with Crippen LogP contribution in [0.1, 0.15) is 241 Å². The number of nitrogens with zero attached hydrogens (tertiary/aromatic N) is 6. The molecule has 132 heavy (non-hydrogen) atoms. The number of unbranched alkanes of at least 4 members (excludes halogenated alkanes) is 2. The molecular formula is C105H150N6O15S6. The number of sulfone groups is 6. The highest BCUT2D eigenvalue weighted by molar-refractivity contribution is 7.92. The number of hydroxylamine groups is 3. The fraction of sp³-hybridized carbons (Fsp3) is 0.543. The minimum atomic E-state index is -3.28. The van der Waals surface area contributed by atoms with Crippen LogP contribution in [-0.4, -0.2) is 251 Å². The van der Waals surface area contributed by atoms with Crippen LogP contribution in [0.2, 0.25) is 0 Å². The topological polar surface area (TPSA) is 285 Å². The molecule has 0 spiro atoms. The Morgan fingerprint density at radius 1 is 0.402 bits per heavy atom. The second kappa shape index (κ2) is 49.4. The molecule has 0 amide bonds. The molecule has 14 rings (SSSR count). The number of rotatable bonds is 31. The van der Waals surface area contributed by atoms with Crippen molar-refractivity contribution in [1.29, 1.82) is 0 Å². The van der Waals surface area contributed by atoms with Crippen molar-refractivity contribution >= 4 is 59.0 Å². The SMILES string of the molecule is CCCN1CCC(O)(c2cccc(S(C)(=O)=O)c2)CC1.CCCN1CCC(c2cccc(CCCCCS(=O)(=O)c3cccc(C4CCN(C)CC4)c3)c2)CC1.CCCN1CC[C@@H](c2cccc(S(C)(=O)=O)c2)[C@@H](O)C1.CCC[N+]1([O-])CCC(c2cccc(S(C)(=O)=O)c2)CC1.Cc1cccc(C(CCN2CCC(c3cccc(S(C)(=O)=O)c3)CC2)c2cccc(S(C)(=O)=O)c2)c1. The second-order valence-corrected chi connectivity index (χ2v) is 50.5. The smallest absolute Gasteiger partial charge is 0.178 e. The molecule has 0 aromatic heterocycles. The molecule has 27 heteroatoms. The predicted molar refractivity (Wildman–Crippen MR) is 535 cm³/mol. The summed E-state index contributed by atoms with van der Waals surface area (Å²) in [5, 5.41) is 33.5. The largest absolute Gasteiger partial charge is 0.633 e. The van der Waals surface area contributed by atoms with E-state index < -0.39 is 70.7 Å². The van der Waals surface area contributed by atoms with E-state index in [-0.39, 0.29) is 27.1 Å². The number of aryl methyl sites for hydroxylation is 2. The number of hydrogen-bond acceptors (Lipinski definition) is 20. The number of quaternary nitrogens is 1. The highest BCUT2D eigenvalue weighted by Gasteiger charge is 2.36. The minimum Gasteiger partial charge on any atom is -0.633 e. The van der Waals surface area contributed by atoms with Gasteiger partial charge in [-0.3, -0.25) is 0 Å². The number of piperidine rings is 6. The standard InChI is InChI=1S/C31H46N2O2S.C29H35NO4S2.3C15H23NO3S/c1-3-18-33-21-16-28(17-22-33)29-11-7-10-26(24-29)9-5-4-6-23-36(34,35)31-13-8-12-30(25-31)27-14-19-32(2)20-15-27;1-22-7-4-9-25(19-22)29(26-10-6-12-28(21-26)36(3,33)34)15-18-30-16-13-23(14-17-30)24-8-5-11-27(20-24)35(2,31)32;1-3-9-16(17)10-7-13(8-11-16)14-5-4-6-15(12-14)20(2,18)19;1-3-9-16-10-7-15(17,8-11-16)13-5-4-6-14(12-13)20(2,18)19;1-3-8-16-9-7-14(15(17)11-16)12-5-4-6-13(10-12)20(2,18)19/h7-8,10-13,24-25,27-28H,3-6,9,14-23H2,1-2H3;4-12,19-21,23,29H,13-18H2,1-3H3;4-6,12-13H,3,7-11H2,1-2H3;4-6,12,17H,3,7-11H2,1-2H3;4-6,10,14-15,17H,3,7-9,11H2,1-2H3/t;;;;14-,15-/m....0/s1. The number of aliphatic hydroxyl groups is 2. The molecule has 0 bridgehead atoms. The van der Waals surface area contributed by atoms with Gasteiger partial charge in [0.1, 0.15) is 0 Å². The first-order valence-corrected chi connectivity index (χ1v) is 59.2. The van der Waals surface area contributed by atoms with Crippen LogP contribution in [0.5, 0.6) is 0 Å². The molecule has 6 aliphatic rings. The number of aliphatic hydroxyl groups excluding tert-OH is 1. The van der Waals surface area contributed by atoms with Crippen molar-refractivity contribution in [2.75, 3.05) is 155 Å². The Bertz CT molecular complexity index is 5720. The summed E-state index contributed by atoms with van der Waals surface area (Å²) in [5.74, 6) is 2.24. The molecule has 0 saturated carbocycles. The van der Waals surface area contributed by atoms with Crippen molar-refractivity contribution in [3.8, 4) is 0 Å². The lowest BCUT2D eigenvalue weighted by atomic mass is 9.84. The Morgan fingerprint density at radius 3 is 1.27 bits per heavy atom. The summed E-state index contributed by atoms with van der Waals surface area (Å²) in [6.07, 6.45) is 25.3. The van der Waals surface area contributed by atoms with Crippen LogP contribution < -0.4 is 0 Å². The van der Waals surface area contributed by atoms with Crippen molar-refractivity contribution in [3.05, 3.63) is 255 Å². The monoisotopic (exact) mass is 1930 g/mol.